The maximum absolute atomic E-state index is 11.8. The summed E-state index contributed by atoms with van der Waals surface area (Å²) in [6, 6.07) is 8.95. The average Bonchev–Trinajstić information content (AvgIpc) is 2.97. The lowest BCUT2D eigenvalue weighted by molar-refractivity contribution is 0.0827. The van der Waals surface area contributed by atoms with Gasteiger partial charge in [0.05, 0.1) is 11.4 Å². The molecule has 0 aliphatic carbocycles. The Labute approximate surface area is 140 Å². The number of carbonyl (C=O) groups is 2. The van der Waals surface area contributed by atoms with E-state index < -0.39 is 0 Å². The Balaban J connectivity index is 1.90. The number of amides is 2. The smallest absolute Gasteiger partial charge is 0.262 e. The summed E-state index contributed by atoms with van der Waals surface area (Å²) in [6.45, 7) is 2.24. The summed E-state index contributed by atoms with van der Waals surface area (Å²) in [5.41, 5.74) is 2.52. The summed E-state index contributed by atoms with van der Waals surface area (Å²) in [6.07, 6.45) is 0. The van der Waals surface area contributed by atoms with E-state index in [1.54, 1.807) is 38.4 Å². The summed E-state index contributed by atoms with van der Waals surface area (Å²) in [5.74, 6) is 5.73. The maximum Gasteiger partial charge on any atom is 0.262 e. The van der Waals surface area contributed by atoms with Gasteiger partial charge in [0, 0.05) is 25.2 Å². The van der Waals surface area contributed by atoms with Gasteiger partial charge >= 0.3 is 0 Å². The zero-order chi connectivity index (χ0) is 16.8. The second-order valence-electron chi connectivity index (χ2n) is 5.25. The van der Waals surface area contributed by atoms with Gasteiger partial charge in [-0.3, -0.25) is 9.59 Å². The van der Waals surface area contributed by atoms with Crippen LogP contribution in [0, 0.1) is 18.8 Å². The minimum atomic E-state index is -0.107. The van der Waals surface area contributed by atoms with Crippen molar-refractivity contribution in [3.05, 3.63) is 57.3 Å². The first-order valence-electron chi connectivity index (χ1n) is 7.11. The fraction of sp³-hybridized carbons (Fsp3) is 0.222. The first kappa shape index (κ1) is 16.8. The van der Waals surface area contributed by atoms with Crippen molar-refractivity contribution in [1.82, 2.24) is 10.2 Å². The molecule has 2 rings (SSSR count). The van der Waals surface area contributed by atoms with Crippen LogP contribution in [0.1, 0.15) is 31.2 Å². The molecular weight excluding hydrogens is 308 g/mol. The predicted octanol–water partition coefficient (Wildman–Crippen LogP) is 2.54. The normalized spacial score (nSPS) is 9.70. The third-order valence-electron chi connectivity index (χ3n) is 3.06. The summed E-state index contributed by atoms with van der Waals surface area (Å²) in [7, 11) is 3.43. The van der Waals surface area contributed by atoms with Crippen molar-refractivity contribution >= 4 is 23.2 Å². The summed E-state index contributed by atoms with van der Waals surface area (Å²) in [4.78, 5) is 25.8. The largest absolute Gasteiger partial charge is 0.345 e. The fourth-order valence-corrected chi connectivity index (χ4v) is 2.68. The minimum absolute atomic E-state index is 0.0389. The van der Waals surface area contributed by atoms with Crippen LogP contribution in [-0.4, -0.2) is 37.4 Å². The van der Waals surface area contributed by atoms with E-state index in [1.807, 2.05) is 18.4 Å². The SMILES string of the molecule is Cc1csc(C(=O)NCC#Cc2ccc(C(=O)N(C)C)cc2)c1. The van der Waals surface area contributed by atoms with Crippen molar-refractivity contribution in [2.45, 2.75) is 6.92 Å². The number of aryl methyl sites for hydroxylation is 1. The van der Waals surface area contributed by atoms with Gasteiger partial charge in [0.25, 0.3) is 11.8 Å². The van der Waals surface area contributed by atoms with Crippen LogP contribution >= 0.6 is 11.3 Å². The standard InChI is InChI=1S/C18H18N2O2S/c1-13-11-16(23-12-13)17(21)19-10-4-5-14-6-8-15(9-7-14)18(22)20(2)3/h6-9,11-12H,10H2,1-3H3,(H,19,21). The number of nitrogens with zero attached hydrogens (tertiary/aromatic N) is 1. The number of hydrogen-bond acceptors (Lipinski definition) is 3. The third-order valence-corrected chi connectivity index (χ3v) is 4.11. The van der Waals surface area contributed by atoms with E-state index in [9.17, 15) is 9.59 Å². The molecule has 0 saturated heterocycles. The van der Waals surface area contributed by atoms with Crippen molar-refractivity contribution in [2.75, 3.05) is 20.6 Å². The molecule has 0 bridgehead atoms. The van der Waals surface area contributed by atoms with Crippen LogP contribution in [0.5, 0.6) is 0 Å². The Hall–Kier alpha value is -2.58. The topological polar surface area (TPSA) is 49.4 Å². The third kappa shape index (κ3) is 4.70. The summed E-state index contributed by atoms with van der Waals surface area (Å²) in [5, 5.41) is 4.71. The van der Waals surface area contributed by atoms with E-state index in [4.69, 9.17) is 0 Å². The highest BCUT2D eigenvalue weighted by atomic mass is 32.1. The maximum atomic E-state index is 11.8. The Bertz CT molecular complexity index is 764. The molecule has 0 fully saturated rings. The molecule has 1 aromatic heterocycles. The molecule has 0 radical (unpaired) electrons. The quantitative estimate of drug-likeness (QED) is 0.881. The zero-order valence-electron chi connectivity index (χ0n) is 13.3. The van der Waals surface area contributed by atoms with Crippen LogP contribution in [0.15, 0.2) is 35.7 Å². The average molecular weight is 326 g/mol. The molecule has 5 heteroatoms. The number of benzene rings is 1. The van der Waals surface area contributed by atoms with E-state index in [-0.39, 0.29) is 18.4 Å². The van der Waals surface area contributed by atoms with Gasteiger partial charge in [0.1, 0.15) is 0 Å². The van der Waals surface area contributed by atoms with Crippen molar-refractivity contribution in [3.63, 3.8) is 0 Å². The van der Waals surface area contributed by atoms with Crippen LogP contribution in [0.25, 0.3) is 0 Å². The van der Waals surface area contributed by atoms with Crippen LogP contribution in [0.4, 0.5) is 0 Å². The molecular formula is C18H18N2O2S. The van der Waals surface area contributed by atoms with Gasteiger partial charge in [-0.15, -0.1) is 11.3 Å². The zero-order valence-corrected chi connectivity index (χ0v) is 14.2. The molecule has 118 valence electrons. The van der Waals surface area contributed by atoms with E-state index in [2.05, 4.69) is 17.2 Å². The van der Waals surface area contributed by atoms with E-state index in [0.717, 1.165) is 11.1 Å². The van der Waals surface area contributed by atoms with Gasteiger partial charge in [-0.1, -0.05) is 11.8 Å². The number of rotatable bonds is 3. The van der Waals surface area contributed by atoms with Crippen LogP contribution in [-0.2, 0) is 0 Å². The van der Waals surface area contributed by atoms with Crippen LogP contribution < -0.4 is 5.32 Å². The minimum Gasteiger partial charge on any atom is -0.345 e. The first-order valence-corrected chi connectivity index (χ1v) is 7.99. The molecule has 1 N–H and O–H groups in total. The molecule has 0 aliphatic heterocycles. The van der Waals surface area contributed by atoms with Gasteiger partial charge in [0.2, 0.25) is 0 Å². The molecule has 0 aliphatic rings. The Morgan fingerprint density at radius 2 is 1.91 bits per heavy atom. The van der Waals surface area contributed by atoms with Crippen LogP contribution in [0.3, 0.4) is 0 Å². The van der Waals surface area contributed by atoms with Gasteiger partial charge in [-0.25, -0.2) is 0 Å². The van der Waals surface area contributed by atoms with Crippen molar-refractivity contribution in [2.24, 2.45) is 0 Å². The predicted molar refractivity (Wildman–Crippen MR) is 92.7 cm³/mol. The molecule has 0 atom stereocenters. The summed E-state index contributed by atoms with van der Waals surface area (Å²) >= 11 is 1.42. The lowest BCUT2D eigenvalue weighted by atomic mass is 10.1. The summed E-state index contributed by atoms with van der Waals surface area (Å²) < 4.78 is 0. The highest BCUT2D eigenvalue weighted by Gasteiger charge is 2.07. The second-order valence-corrected chi connectivity index (χ2v) is 6.16. The van der Waals surface area contributed by atoms with Crippen molar-refractivity contribution < 1.29 is 9.59 Å². The number of carbonyl (C=O) groups excluding carboxylic acids is 2. The highest BCUT2D eigenvalue weighted by molar-refractivity contribution is 7.12. The van der Waals surface area contributed by atoms with Crippen molar-refractivity contribution in [3.8, 4) is 11.8 Å². The van der Waals surface area contributed by atoms with Gasteiger partial charge in [-0.2, -0.15) is 0 Å². The van der Waals surface area contributed by atoms with Gasteiger partial charge in [-0.05, 0) is 48.2 Å². The lowest BCUT2D eigenvalue weighted by Gasteiger charge is -2.09. The second kappa shape index (κ2) is 7.61. The molecule has 2 aromatic rings. The Morgan fingerprint density at radius 3 is 2.48 bits per heavy atom. The molecule has 1 heterocycles. The number of nitrogens with one attached hydrogen (secondary N) is 1. The molecule has 2 amide bonds. The van der Waals surface area contributed by atoms with Gasteiger partial charge in [0.15, 0.2) is 0 Å². The van der Waals surface area contributed by atoms with E-state index in [0.29, 0.717) is 10.4 Å². The molecule has 0 spiro atoms. The fourth-order valence-electron chi connectivity index (χ4n) is 1.86. The van der Waals surface area contributed by atoms with E-state index in [1.165, 1.54) is 16.2 Å². The molecule has 1 aromatic carbocycles. The monoisotopic (exact) mass is 326 g/mol. The van der Waals surface area contributed by atoms with Crippen LogP contribution in [0.2, 0.25) is 0 Å². The van der Waals surface area contributed by atoms with Gasteiger partial charge < -0.3 is 10.2 Å². The lowest BCUT2D eigenvalue weighted by Crippen LogP contribution is -2.22. The Kier molecular flexibility index (Phi) is 5.56. The molecule has 4 nitrogen and oxygen atoms in total. The molecule has 0 saturated carbocycles. The molecule has 23 heavy (non-hydrogen) atoms. The number of hydrogen-bond donors (Lipinski definition) is 1. The first-order chi connectivity index (χ1) is 11.0. The Morgan fingerprint density at radius 1 is 1.22 bits per heavy atom. The highest BCUT2D eigenvalue weighted by Crippen LogP contribution is 2.12. The number of thiophene rings is 1. The molecule has 0 unspecified atom stereocenters. The van der Waals surface area contributed by atoms with Crippen molar-refractivity contribution in [1.29, 1.82) is 0 Å². The van der Waals surface area contributed by atoms with E-state index >= 15 is 0 Å².